The summed E-state index contributed by atoms with van der Waals surface area (Å²) in [4.78, 5) is 37.8. The van der Waals surface area contributed by atoms with E-state index in [0.717, 1.165) is 69.6 Å². The smallest absolute Gasteiger partial charge is 0.306 e. The average Bonchev–Trinajstić information content (AvgIpc) is 3.18. The van der Waals surface area contributed by atoms with Crippen molar-refractivity contribution in [1.82, 2.24) is 0 Å². The fourth-order valence-corrected chi connectivity index (χ4v) is 7.43. The van der Waals surface area contributed by atoms with Crippen LogP contribution in [0.3, 0.4) is 0 Å². The van der Waals surface area contributed by atoms with Gasteiger partial charge in [-0.1, -0.05) is 234 Å². The van der Waals surface area contributed by atoms with E-state index in [1.807, 2.05) is 0 Å². The molecule has 2 atom stereocenters. The summed E-state index contributed by atoms with van der Waals surface area (Å²) in [6.07, 6.45) is 42.4. The van der Waals surface area contributed by atoms with Crippen LogP contribution in [0.4, 0.5) is 0 Å². The SMILES string of the molecule is CCCCCCCCCCCCCCCCCC(=O)OC[C@@H](COC(=O)CCCCCCCCCCCCC(C)CC)OC(=O)CCCCCCCCC(C)C. The molecule has 0 saturated carbocycles. The molecule has 0 aromatic heterocycles. The van der Waals surface area contributed by atoms with E-state index in [4.69, 9.17) is 14.2 Å². The summed E-state index contributed by atoms with van der Waals surface area (Å²) in [5.74, 6) is 0.772. The maximum Gasteiger partial charge on any atom is 0.306 e. The predicted octanol–water partition coefficient (Wildman–Crippen LogP) is 15.8. The van der Waals surface area contributed by atoms with Crippen molar-refractivity contribution in [2.24, 2.45) is 11.8 Å². The molecule has 6 heteroatoms. The third kappa shape index (κ3) is 42.0. The molecule has 0 radical (unpaired) electrons. The lowest BCUT2D eigenvalue weighted by molar-refractivity contribution is -0.167. The number of carbonyl (C=O) groups is 3. The molecular formula is C50H96O6. The molecule has 0 aromatic carbocycles. The highest BCUT2D eigenvalue weighted by Crippen LogP contribution is 2.17. The minimum Gasteiger partial charge on any atom is -0.462 e. The molecule has 0 rings (SSSR count). The monoisotopic (exact) mass is 793 g/mol. The van der Waals surface area contributed by atoms with Crippen LogP contribution >= 0.6 is 0 Å². The summed E-state index contributed by atoms with van der Waals surface area (Å²) in [6, 6.07) is 0. The molecular weight excluding hydrogens is 697 g/mol. The second kappa shape index (κ2) is 43.0. The van der Waals surface area contributed by atoms with Gasteiger partial charge in [-0.25, -0.2) is 0 Å². The first-order chi connectivity index (χ1) is 27.3. The topological polar surface area (TPSA) is 78.9 Å². The first kappa shape index (κ1) is 54.4. The van der Waals surface area contributed by atoms with Gasteiger partial charge in [-0.05, 0) is 31.1 Å². The van der Waals surface area contributed by atoms with Crippen LogP contribution < -0.4 is 0 Å². The highest BCUT2D eigenvalue weighted by molar-refractivity contribution is 5.71. The van der Waals surface area contributed by atoms with Gasteiger partial charge in [0.25, 0.3) is 0 Å². The van der Waals surface area contributed by atoms with Crippen LogP contribution in [0.5, 0.6) is 0 Å². The van der Waals surface area contributed by atoms with E-state index in [-0.39, 0.29) is 31.1 Å². The number of hydrogen-bond donors (Lipinski definition) is 0. The standard InChI is InChI=1S/C50H96O6/c1-6-8-9-10-11-12-13-14-15-16-17-21-24-30-35-40-48(51)54-43-47(56-50(53)42-37-32-27-26-28-33-38-45(3)4)44-55-49(52)41-36-31-25-22-19-18-20-23-29-34-39-46(5)7-2/h45-47H,6-44H2,1-5H3/t46?,47-/m0/s1. The molecule has 0 amide bonds. The molecule has 332 valence electrons. The van der Waals surface area contributed by atoms with Crippen molar-refractivity contribution in [3.63, 3.8) is 0 Å². The minimum atomic E-state index is -0.762. The quantitative estimate of drug-likeness (QED) is 0.0347. The Kier molecular flexibility index (Phi) is 41.8. The molecule has 0 aliphatic heterocycles. The normalized spacial score (nSPS) is 12.5. The molecule has 0 heterocycles. The Morgan fingerprint density at radius 1 is 0.375 bits per heavy atom. The van der Waals surface area contributed by atoms with Crippen LogP contribution in [0.2, 0.25) is 0 Å². The summed E-state index contributed by atoms with van der Waals surface area (Å²) < 4.78 is 16.8. The Morgan fingerprint density at radius 2 is 0.679 bits per heavy atom. The molecule has 1 unspecified atom stereocenters. The molecule has 0 spiro atoms. The van der Waals surface area contributed by atoms with Crippen molar-refractivity contribution >= 4 is 17.9 Å². The average molecular weight is 793 g/mol. The second-order valence-corrected chi connectivity index (χ2v) is 17.8. The molecule has 0 aliphatic rings. The largest absolute Gasteiger partial charge is 0.462 e. The second-order valence-electron chi connectivity index (χ2n) is 17.8. The molecule has 56 heavy (non-hydrogen) atoms. The molecule has 0 fully saturated rings. The van der Waals surface area contributed by atoms with Crippen LogP contribution in [0.15, 0.2) is 0 Å². The van der Waals surface area contributed by atoms with Crippen molar-refractivity contribution in [3.05, 3.63) is 0 Å². The maximum absolute atomic E-state index is 12.7. The zero-order valence-electron chi connectivity index (χ0n) is 38.3. The Balaban J connectivity index is 4.27. The third-order valence-corrected chi connectivity index (χ3v) is 11.6. The Morgan fingerprint density at radius 3 is 1.02 bits per heavy atom. The van der Waals surface area contributed by atoms with E-state index >= 15 is 0 Å². The Bertz CT molecular complexity index is 856. The van der Waals surface area contributed by atoms with Crippen LogP contribution in [0.25, 0.3) is 0 Å². The Labute approximate surface area is 348 Å². The summed E-state index contributed by atoms with van der Waals surface area (Å²) in [5.41, 5.74) is 0. The van der Waals surface area contributed by atoms with E-state index in [1.54, 1.807) is 0 Å². The molecule has 0 aliphatic carbocycles. The van der Waals surface area contributed by atoms with E-state index in [0.29, 0.717) is 19.3 Å². The first-order valence-electron chi connectivity index (χ1n) is 24.8. The summed E-state index contributed by atoms with van der Waals surface area (Å²) in [7, 11) is 0. The lowest BCUT2D eigenvalue weighted by Gasteiger charge is -2.18. The van der Waals surface area contributed by atoms with Gasteiger partial charge in [-0.3, -0.25) is 14.4 Å². The van der Waals surface area contributed by atoms with Crippen LogP contribution in [-0.4, -0.2) is 37.2 Å². The molecule has 0 N–H and O–H groups in total. The number of hydrogen-bond acceptors (Lipinski definition) is 6. The highest BCUT2D eigenvalue weighted by Gasteiger charge is 2.19. The van der Waals surface area contributed by atoms with Crippen molar-refractivity contribution in [3.8, 4) is 0 Å². The molecule has 6 nitrogen and oxygen atoms in total. The van der Waals surface area contributed by atoms with Gasteiger partial charge in [-0.15, -0.1) is 0 Å². The summed E-state index contributed by atoms with van der Waals surface area (Å²) >= 11 is 0. The summed E-state index contributed by atoms with van der Waals surface area (Å²) in [5, 5.41) is 0. The Hall–Kier alpha value is -1.59. The van der Waals surface area contributed by atoms with Gasteiger partial charge in [0.1, 0.15) is 13.2 Å². The number of rotatable bonds is 44. The van der Waals surface area contributed by atoms with E-state index in [1.165, 1.54) is 161 Å². The van der Waals surface area contributed by atoms with Gasteiger partial charge in [0.05, 0.1) is 0 Å². The molecule has 0 saturated heterocycles. The van der Waals surface area contributed by atoms with E-state index < -0.39 is 6.10 Å². The van der Waals surface area contributed by atoms with Gasteiger partial charge < -0.3 is 14.2 Å². The van der Waals surface area contributed by atoms with Crippen LogP contribution in [0.1, 0.15) is 272 Å². The number of esters is 3. The fourth-order valence-electron chi connectivity index (χ4n) is 7.43. The zero-order chi connectivity index (χ0) is 41.2. The predicted molar refractivity (Wildman–Crippen MR) is 238 cm³/mol. The van der Waals surface area contributed by atoms with Gasteiger partial charge in [0, 0.05) is 19.3 Å². The molecule has 0 aromatic rings. The third-order valence-electron chi connectivity index (χ3n) is 11.6. The molecule has 0 bridgehead atoms. The maximum atomic E-state index is 12.7. The first-order valence-corrected chi connectivity index (χ1v) is 24.8. The van der Waals surface area contributed by atoms with E-state index in [2.05, 4.69) is 34.6 Å². The number of ether oxygens (including phenoxy) is 3. The van der Waals surface area contributed by atoms with Crippen molar-refractivity contribution in [2.75, 3.05) is 13.2 Å². The summed E-state index contributed by atoms with van der Waals surface area (Å²) in [6.45, 7) is 11.3. The van der Waals surface area contributed by atoms with Gasteiger partial charge in [-0.2, -0.15) is 0 Å². The van der Waals surface area contributed by atoms with Gasteiger partial charge in [0.2, 0.25) is 0 Å². The minimum absolute atomic E-state index is 0.0652. The number of carbonyl (C=O) groups excluding carboxylic acids is 3. The van der Waals surface area contributed by atoms with Crippen molar-refractivity contribution < 1.29 is 28.6 Å². The van der Waals surface area contributed by atoms with Crippen molar-refractivity contribution in [2.45, 2.75) is 278 Å². The number of unbranched alkanes of at least 4 members (excludes halogenated alkanes) is 28. The van der Waals surface area contributed by atoms with Crippen LogP contribution in [0, 0.1) is 11.8 Å². The highest BCUT2D eigenvalue weighted by atomic mass is 16.6. The van der Waals surface area contributed by atoms with Crippen LogP contribution in [-0.2, 0) is 28.6 Å². The van der Waals surface area contributed by atoms with Gasteiger partial charge in [0.15, 0.2) is 6.10 Å². The fraction of sp³-hybridized carbons (Fsp3) is 0.940. The van der Waals surface area contributed by atoms with E-state index in [9.17, 15) is 14.4 Å². The zero-order valence-corrected chi connectivity index (χ0v) is 38.3. The lowest BCUT2D eigenvalue weighted by atomic mass is 9.99. The van der Waals surface area contributed by atoms with Gasteiger partial charge >= 0.3 is 17.9 Å². The van der Waals surface area contributed by atoms with Crippen molar-refractivity contribution in [1.29, 1.82) is 0 Å². The lowest BCUT2D eigenvalue weighted by Crippen LogP contribution is -2.30.